The Morgan fingerprint density at radius 1 is 1.18 bits per heavy atom. The number of nitrogens with one attached hydrogen (secondary N) is 1. The maximum Gasteiger partial charge on any atom is 0.271 e. The zero-order valence-corrected chi connectivity index (χ0v) is 15.8. The first kappa shape index (κ1) is 19.4. The van der Waals surface area contributed by atoms with Crippen LogP contribution in [0.5, 0.6) is 0 Å². The molecule has 28 heavy (non-hydrogen) atoms. The molecule has 0 radical (unpaired) electrons. The summed E-state index contributed by atoms with van der Waals surface area (Å²) in [6.45, 7) is 5.50. The van der Waals surface area contributed by atoms with E-state index in [0.29, 0.717) is 43.3 Å². The molecule has 2 aromatic rings. The van der Waals surface area contributed by atoms with Gasteiger partial charge < -0.3 is 19.5 Å². The van der Waals surface area contributed by atoms with E-state index in [1.54, 1.807) is 30.9 Å². The number of nitro groups is 1. The van der Waals surface area contributed by atoms with Crippen molar-refractivity contribution in [1.82, 2.24) is 10.2 Å². The monoisotopic (exact) mass is 386 g/mol. The number of nitro benzene ring substituents is 1. The number of anilines is 1. The molecule has 148 valence electrons. The van der Waals surface area contributed by atoms with Gasteiger partial charge in [-0.3, -0.25) is 19.7 Å². The number of hydrogen-bond acceptors (Lipinski definition) is 6. The number of benzene rings is 1. The second kappa shape index (κ2) is 8.12. The fraction of sp³-hybridized carbons (Fsp3) is 0.368. The summed E-state index contributed by atoms with van der Waals surface area (Å²) in [5.74, 6) is 0.669. The Balaban J connectivity index is 1.51. The van der Waals surface area contributed by atoms with Crippen molar-refractivity contribution in [1.29, 1.82) is 0 Å². The van der Waals surface area contributed by atoms with Gasteiger partial charge in [-0.2, -0.15) is 0 Å². The van der Waals surface area contributed by atoms with Crippen molar-refractivity contribution < 1.29 is 18.9 Å². The Hall–Kier alpha value is -3.36. The Bertz CT molecular complexity index is 899. The summed E-state index contributed by atoms with van der Waals surface area (Å²) >= 11 is 0. The fourth-order valence-electron chi connectivity index (χ4n) is 3.24. The van der Waals surface area contributed by atoms with E-state index in [9.17, 15) is 19.7 Å². The highest BCUT2D eigenvalue weighted by atomic mass is 16.6. The normalized spacial score (nSPS) is 14.1. The molecule has 1 aliphatic rings. The quantitative estimate of drug-likeness (QED) is 0.621. The first-order valence-corrected chi connectivity index (χ1v) is 8.97. The van der Waals surface area contributed by atoms with Crippen molar-refractivity contribution in [2.75, 3.05) is 37.6 Å². The average molecular weight is 386 g/mol. The maximum absolute atomic E-state index is 12.4. The third kappa shape index (κ3) is 4.30. The summed E-state index contributed by atoms with van der Waals surface area (Å²) in [6, 6.07) is 8.11. The van der Waals surface area contributed by atoms with Gasteiger partial charge in [0, 0.05) is 44.0 Å². The van der Waals surface area contributed by atoms with Crippen molar-refractivity contribution in [2.24, 2.45) is 0 Å². The van der Waals surface area contributed by atoms with E-state index in [4.69, 9.17) is 4.42 Å². The molecule has 9 nitrogen and oxygen atoms in total. The Kier molecular flexibility index (Phi) is 5.62. The summed E-state index contributed by atoms with van der Waals surface area (Å²) in [5, 5.41) is 13.6. The summed E-state index contributed by atoms with van der Waals surface area (Å²) in [7, 11) is 0. The van der Waals surface area contributed by atoms with Crippen molar-refractivity contribution in [3.8, 4) is 0 Å². The van der Waals surface area contributed by atoms with E-state index in [1.165, 1.54) is 12.1 Å². The van der Waals surface area contributed by atoms with Crippen LogP contribution in [0.2, 0.25) is 0 Å². The highest BCUT2D eigenvalue weighted by molar-refractivity contribution is 5.97. The van der Waals surface area contributed by atoms with Crippen molar-refractivity contribution in [3.05, 3.63) is 57.5 Å². The van der Waals surface area contributed by atoms with Crippen LogP contribution in [0.15, 0.2) is 34.7 Å². The second-order valence-electron chi connectivity index (χ2n) is 6.65. The molecular formula is C19H22N4O5. The van der Waals surface area contributed by atoms with Crippen LogP contribution in [-0.4, -0.2) is 54.4 Å². The largest absolute Gasteiger partial charge is 0.466 e. The maximum atomic E-state index is 12.4. The van der Waals surface area contributed by atoms with Gasteiger partial charge in [-0.1, -0.05) is 6.07 Å². The van der Waals surface area contributed by atoms with E-state index in [2.05, 4.69) is 5.32 Å². The van der Waals surface area contributed by atoms with Crippen LogP contribution in [0.25, 0.3) is 0 Å². The number of carbonyl (C=O) groups is 2. The van der Waals surface area contributed by atoms with Crippen molar-refractivity contribution in [2.45, 2.75) is 13.8 Å². The number of non-ortho nitro benzene ring substituents is 1. The number of aryl methyl sites for hydroxylation is 2. The molecule has 1 fully saturated rings. The van der Waals surface area contributed by atoms with E-state index < -0.39 is 4.92 Å². The third-order valence-corrected chi connectivity index (χ3v) is 4.72. The van der Waals surface area contributed by atoms with E-state index in [1.807, 2.05) is 11.0 Å². The van der Waals surface area contributed by atoms with Gasteiger partial charge in [0.05, 0.1) is 17.0 Å². The van der Waals surface area contributed by atoms with Gasteiger partial charge in [0.25, 0.3) is 11.6 Å². The average Bonchev–Trinajstić information content (AvgIpc) is 3.04. The standard InChI is InChI=1S/C19H22N4O5/c1-13-10-17(14(2)28-13)19(25)20-12-18(24)22-8-6-21(7-9-22)15-4-3-5-16(11-15)23(26)27/h3-5,10-11H,6-9,12H2,1-2H3,(H,20,25). The number of nitrogens with zero attached hydrogens (tertiary/aromatic N) is 3. The Labute approximate surface area is 162 Å². The lowest BCUT2D eigenvalue weighted by molar-refractivity contribution is -0.384. The number of piperazine rings is 1. The lowest BCUT2D eigenvalue weighted by Gasteiger charge is -2.36. The van der Waals surface area contributed by atoms with Crippen molar-refractivity contribution >= 4 is 23.2 Å². The van der Waals surface area contributed by atoms with Crippen LogP contribution in [0.3, 0.4) is 0 Å². The van der Waals surface area contributed by atoms with Crippen LogP contribution < -0.4 is 10.2 Å². The summed E-state index contributed by atoms with van der Waals surface area (Å²) in [5.41, 5.74) is 1.24. The Morgan fingerprint density at radius 2 is 1.89 bits per heavy atom. The molecule has 1 saturated heterocycles. The molecule has 0 unspecified atom stereocenters. The number of carbonyl (C=O) groups excluding carboxylic acids is 2. The molecule has 1 N–H and O–H groups in total. The minimum absolute atomic E-state index is 0.0449. The molecule has 2 amide bonds. The highest BCUT2D eigenvalue weighted by Crippen LogP contribution is 2.22. The molecule has 0 spiro atoms. The van der Waals surface area contributed by atoms with E-state index in [0.717, 1.165) is 5.69 Å². The van der Waals surface area contributed by atoms with Crippen LogP contribution in [0, 0.1) is 24.0 Å². The van der Waals surface area contributed by atoms with Gasteiger partial charge in [0.2, 0.25) is 5.91 Å². The molecular weight excluding hydrogens is 364 g/mol. The van der Waals surface area contributed by atoms with E-state index in [-0.39, 0.29) is 24.0 Å². The lowest BCUT2D eigenvalue weighted by Crippen LogP contribution is -2.51. The zero-order chi connectivity index (χ0) is 20.3. The topological polar surface area (TPSA) is 109 Å². The highest BCUT2D eigenvalue weighted by Gasteiger charge is 2.23. The Morgan fingerprint density at radius 3 is 2.50 bits per heavy atom. The van der Waals surface area contributed by atoms with Gasteiger partial charge in [0.1, 0.15) is 11.5 Å². The number of rotatable bonds is 5. The van der Waals surface area contributed by atoms with Gasteiger partial charge in [-0.15, -0.1) is 0 Å². The third-order valence-electron chi connectivity index (χ3n) is 4.72. The second-order valence-corrected chi connectivity index (χ2v) is 6.65. The molecule has 1 aromatic carbocycles. The fourth-order valence-corrected chi connectivity index (χ4v) is 3.24. The SMILES string of the molecule is Cc1cc(C(=O)NCC(=O)N2CCN(c3cccc([N+](=O)[O-])c3)CC2)c(C)o1. The van der Waals surface area contributed by atoms with Gasteiger partial charge in [-0.25, -0.2) is 0 Å². The number of hydrogen-bond donors (Lipinski definition) is 1. The predicted octanol–water partition coefficient (Wildman–Crippen LogP) is 1.88. The van der Waals surface area contributed by atoms with Gasteiger partial charge in [0.15, 0.2) is 0 Å². The van der Waals surface area contributed by atoms with Crippen molar-refractivity contribution in [3.63, 3.8) is 0 Å². The zero-order valence-electron chi connectivity index (χ0n) is 15.8. The number of amides is 2. The summed E-state index contributed by atoms with van der Waals surface area (Å²) < 4.78 is 5.33. The summed E-state index contributed by atoms with van der Waals surface area (Å²) in [6.07, 6.45) is 0. The molecule has 0 aliphatic carbocycles. The van der Waals surface area contributed by atoms with E-state index >= 15 is 0 Å². The lowest BCUT2D eigenvalue weighted by atomic mass is 10.2. The van der Waals surface area contributed by atoms with Crippen LogP contribution >= 0.6 is 0 Å². The summed E-state index contributed by atoms with van der Waals surface area (Å²) in [4.78, 5) is 38.8. The number of furan rings is 1. The van der Waals surface area contributed by atoms with Gasteiger partial charge >= 0.3 is 0 Å². The first-order chi connectivity index (χ1) is 13.3. The van der Waals surface area contributed by atoms with Crippen LogP contribution in [0.1, 0.15) is 21.9 Å². The molecule has 0 bridgehead atoms. The van der Waals surface area contributed by atoms with Gasteiger partial charge in [-0.05, 0) is 26.0 Å². The molecule has 0 saturated carbocycles. The minimum atomic E-state index is -0.421. The predicted molar refractivity (Wildman–Crippen MR) is 102 cm³/mol. The molecule has 9 heteroatoms. The molecule has 3 rings (SSSR count). The molecule has 0 atom stereocenters. The van der Waals surface area contributed by atoms with Crippen LogP contribution in [-0.2, 0) is 4.79 Å². The molecule has 1 aromatic heterocycles. The minimum Gasteiger partial charge on any atom is -0.466 e. The smallest absolute Gasteiger partial charge is 0.271 e. The van der Waals surface area contributed by atoms with Crippen LogP contribution in [0.4, 0.5) is 11.4 Å². The first-order valence-electron chi connectivity index (χ1n) is 8.97. The molecule has 2 heterocycles. The molecule has 1 aliphatic heterocycles.